The number of nitrogens with zero attached hydrogens (tertiary/aromatic N) is 1. The number of hydroxylamine groups is 1. The third-order valence-electron chi connectivity index (χ3n) is 1.78. The van der Waals surface area contributed by atoms with Gasteiger partial charge in [0.1, 0.15) is 5.84 Å². The average Bonchev–Trinajstić information content (AvgIpc) is 2.28. The molecule has 6 heteroatoms. The molecular weight excluding hydrogens is 255 g/mol. The van der Waals surface area contributed by atoms with Crippen molar-refractivity contribution < 1.29 is 9.15 Å². The molecule has 0 bridgehead atoms. The van der Waals surface area contributed by atoms with Gasteiger partial charge in [-0.1, -0.05) is 18.2 Å². The van der Waals surface area contributed by atoms with Crippen LogP contribution in [0.4, 0.5) is 5.69 Å². The Balaban J connectivity index is 2.53. The maximum absolute atomic E-state index is 5.33. The Morgan fingerprint density at radius 1 is 1.41 bits per heavy atom. The number of aliphatic imine (C=N–C) groups is 1. The lowest BCUT2D eigenvalue weighted by molar-refractivity contribution is 0.224. The first kappa shape index (κ1) is 14.3. The van der Waals surface area contributed by atoms with Crippen LogP contribution in [0.3, 0.4) is 0 Å². The van der Waals surface area contributed by atoms with Crippen LogP contribution in [0, 0.1) is 0 Å². The lowest BCUT2D eigenvalue weighted by atomic mass is 10.3. The van der Waals surface area contributed by atoms with Crippen molar-refractivity contribution >= 4 is 29.8 Å². The Hall–Kier alpha value is -0.740. The van der Waals surface area contributed by atoms with Gasteiger partial charge < -0.3 is 4.52 Å². The summed E-state index contributed by atoms with van der Waals surface area (Å²) in [6, 6.07) is 9.62. The van der Waals surface area contributed by atoms with Crippen LogP contribution in [-0.2, 0) is 21.0 Å². The lowest BCUT2D eigenvalue weighted by Gasteiger charge is -2.16. The van der Waals surface area contributed by atoms with Crippen LogP contribution >= 0.6 is 6.49 Å². The molecule has 0 aliphatic carbocycles. The highest BCUT2D eigenvalue weighted by atomic mass is 32.5. The van der Waals surface area contributed by atoms with Crippen molar-refractivity contribution in [3.63, 3.8) is 0 Å². The number of nitrogens with one attached hydrogen (secondary N) is 1. The summed E-state index contributed by atoms with van der Waals surface area (Å²) < 4.78 is 10.6. The SMILES string of the molecule is CCOP(C)(=S)ONC(C)=Nc1ccccc1. The topological polar surface area (TPSA) is 42.9 Å². The molecule has 0 saturated heterocycles. The van der Waals surface area contributed by atoms with E-state index in [0.717, 1.165) is 5.69 Å². The Morgan fingerprint density at radius 3 is 2.65 bits per heavy atom. The van der Waals surface area contributed by atoms with E-state index in [1.54, 1.807) is 6.66 Å². The number of rotatable bonds is 5. The van der Waals surface area contributed by atoms with Crippen LogP contribution < -0.4 is 5.48 Å². The molecule has 1 rings (SSSR count). The van der Waals surface area contributed by atoms with Gasteiger partial charge in [0.2, 0.25) is 6.49 Å². The van der Waals surface area contributed by atoms with E-state index in [1.807, 2.05) is 44.2 Å². The second kappa shape index (κ2) is 6.87. The van der Waals surface area contributed by atoms with Crippen molar-refractivity contribution in [3.8, 4) is 0 Å². The molecular formula is C11H17N2O2PS. The van der Waals surface area contributed by atoms with Gasteiger partial charge in [-0.2, -0.15) is 0 Å². The first-order chi connectivity index (χ1) is 8.03. The molecule has 0 saturated carbocycles. The van der Waals surface area contributed by atoms with E-state index >= 15 is 0 Å². The van der Waals surface area contributed by atoms with E-state index in [-0.39, 0.29) is 0 Å². The number of para-hydroxylation sites is 1. The number of benzene rings is 1. The highest BCUT2D eigenvalue weighted by Crippen LogP contribution is 2.42. The fourth-order valence-electron chi connectivity index (χ4n) is 1.13. The van der Waals surface area contributed by atoms with Crippen LogP contribution in [0.15, 0.2) is 35.3 Å². The molecule has 1 atom stereocenters. The van der Waals surface area contributed by atoms with E-state index in [4.69, 9.17) is 21.0 Å². The molecule has 1 N–H and O–H groups in total. The summed E-state index contributed by atoms with van der Waals surface area (Å²) in [6.45, 7) is 3.81. The molecule has 0 aliphatic rings. The summed E-state index contributed by atoms with van der Waals surface area (Å²) >= 11 is 5.17. The quantitative estimate of drug-likeness (QED) is 0.387. The number of hydrogen-bond acceptors (Lipinski definition) is 4. The zero-order valence-corrected chi connectivity index (χ0v) is 11.9. The third kappa shape index (κ3) is 5.94. The van der Waals surface area contributed by atoms with Crippen molar-refractivity contribution in [2.24, 2.45) is 4.99 Å². The van der Waals surface area contributed by atoms with Crippen LogP contribution in [0.5, 0.6) is 0 Å². The minimum absolute atomic E-state index is 0.546. The fourth-order valence-corrected chi connectivity index (χ4v) is 2.38. The lowest BCUT2D eigenvalue weighted by Crippen LogP contribution is -2.19. The molecule has 0 radical (unpaired) electrons. The molecule has 1 aromatic rings. The van der Waals surface area contributed by atoms with E-state index in [2.05, 4.69) is 10.5 Å². The van der Waals surface area contributed by atoms with Crippen LogP contribution in [0.2, 0.25) is 0 Å². The summed E-state index contributed by atoms with van der Waals surface area (Å²) in [7, 11) is 0. The fraction of sp³-hybridized carbons (Fsp3) is 0.364. The van der Waals surface area contributed by atoms with Gasteiger partial charge in [-0.05, 0) is 37.8 Å². The molecule has 1 unspecified atom stereocenters. The smallest absolute Gasteiger partial charge is 0.211 e. The Bertz CT molecular complexity index is 423. The van der Waals surface area contributed by atoms with Crippen molar-refractivity contribution in [3.05, 3.63) is 30.3 Å². The number of amidine groups is 1. The summed E-state index contributed by atoms with van der Waals surface area (Å²) in [6.07, 6.45) is 0. The van der Waals surface area contributed by atoms with Gasteiger partial charge in [-0.3, -0.25) is 0 Å². The molecule has 94 valence electrons. The second-order valence-electron chi connectivity index (χ2n) is 3.42. The minimum Gasteiger partial charge on any atom is -0.328 e. The standard InChI is InChI=1S/C11H17N2O2PS/c1-4-14-16(3,17)15-13-10(2)12-11-8-6-5-7-9-11/h5-9H,4H2,1-3H3,(H,12,13). The van der Waals surface area contributed by atoms with Crippen molar-refractivity contribution in [1.82, 2.24) is 5.48 Å². The number of hydrogen-bond donors (Lipinski definition) is 1. The van der Waals surface area contributed by atoms with Crippen molar-refractivity contribution in [1.29, 1.82) is 0 Å². The molecule has 0 fully saturated rings. The molecule has 1 aromatic carbocycles. The molecule has 4 nitrogen and oxygen atoms in total. The molecule has 0 spiro atoms. The van der Waals surface area contributed by atoms with Gasteiger partial charge in [-0.25, -0.2) is 15.1 Å². The van der Waals surface area contributed by atoms with Crippen molar-refractivity contribution in [2.75, 3.05) is 13.3 Å². The predicted molar refractivity (Wildman–Crippen MR) is 75.3 cm³/mol. The van der Waals surface area contributed by atoms with Crippen molar-refractivity contribution in [2.45, 2.75) is 13.8 Å². The van der Waals surface area contributed by atoms with E-state index < -0.39 is 6.49 Å². The average molecular weight is 272 g/mol. The molecule has 0 heterocycles. The van der Waals surface area contributed by atoms with E-state index in [0.29, 0.717) is 12.4 Å². The highest BCUT2D eigenvalue weighted by molar-refractivity contribution is 8.09. The normalized spacial score (nSPS) is 15.4. The summed E-state index contributed by atoms with van der Waals surface area (Å²) in [5, 5.41) is 0. The maximum Gasteiger partial charge on any atom is 0.211 e. The van der Waals surface area contributed by atoms with Gasteiger partial charge in [0.05, 0.1) is 12.3 Å². The zero-order valence-electron chi connectivity index (χ0n) is 10.2. The monoisotopic (exact) mass is 272 g/mol. The summed E-state index contributed by atoms with van der Waals surface area (Å²) in [5.74, 6) is 0.645. The minimum atomic E-state index is -2.21. The second-order valence-corrected chi connectivity index (χ2v) is 7.39. The molecule has 17 heavy (non-hydrogen) atoms. The zero-order chi connectivity index (χ0) is 12.7. The van der Waals surface area contributed by atoms with E-state index in [1.165, 1.54) is 0 Å². The van der Waals surface area contributed by atoms with Gasteiger partial charge >= 0.3 is 0 Å². The van der Waals surface area contributed by atoms with Crippen LogP contribution in [0.25, 0.3) is 0 Å². The molecule has 0 amide bonds. The Labute approximate surface area is 107 Å². The van der Waals surface area contributed by atoms with Crippen LogP contribution in [0.1, 0.15) is 13.8 Å². The Morgan fingerprint density at radius 2 is 2.06 bits per heavy atom. The van der Waals surface area contributed by atoms with Gasteiger partial charge in [0.15, 0.2) is 0 Å². The first-order valence-corrected chi connectivity index (χ1v) is 8.39. The first-order valence-electron chi connectivity index (χ1n) is 5.30. The molecule has 0 aliphatic heterocycles. The van der Waals surface area contributed by atoms with Gasteiger partial charge in [0, 0.05) is 6.66 Å². The van der Waals surface area contributed by atoms with E-state index in [9.17, 15) is 0 Å². The third-order valence-corrected chi connectivity index (χ3v) is 3.47. The maximum atomic E-state index is 5.33. The van der Waals surface area contributed by atoms with Gasteiger partial charge in [-0.15, -0.1) is 0 Å². The molecule has 0 aromatic heterocycles. The summed E-state index contributed by atoms with van der Waals surface area (Å²) in [5.41, 5.74) is 3.59. The van der Waals surface area contributed by atoms with Crippen LogP contribution in [-0.4, -0.2) is 19.1 Å². The summed E-state index contributed by atoms with van der Waals surface area (Å²) in [4.78, 5) is 4.32. The van der Waals surface area contributed by atoms with Gasteiger partial charge in [0.25, 0.3) is 0 Å². The Kier molecular flexibility index (Phi) is 5.78. The predicted octanol–water partition coefficient (Wildman–Crippen LogP) is 3.23. The highest BCUT2D eigenvalue weighted by Gasteiger charge is 2.10. The largest absolute Gasteiger partial charge is 0.328 e.